The van der Waals surface area contributed by atoms with Gasteiger partial charge in [-0.1, -0.05) is 6.92 Å². The van der Waals surface area contributed by atoms with Gasteiger partial charge in [-0.05, 0) is 48.4 Å². The van der Waals surface area contributed by atoms with Gasteiger partial charge in [-0.15, -0.1) is 0 Å². The number of ether oxygens (including phenoxy) is 2. The normalized spacial score (nSPS) is 10.5. The Hall–Kier alpha value is -3.42. The second-order valence-corrected chi connectivity index (χ2v) is 5.25. The van der Waals surface area contributed by atoms with E-state index in [4.69, 9.17) is 9.47 Å². The fourth-order valence-electron chi connectivity index (χ4n) is 1.89. The Morgan fingerprint density at radius 1 is 1.12 bits per heavy atom. The average Bonchev–Trinajstić information content (AvgIpc) is 2.66. The van der Waals surface area contributed by atoms with E-state index in [1.54, 1.807) is 0 Å². The number of benzene rings is 2. The smallest absolute Gasteiger partial charge is 0.277 e. The fraction of sp³-hybridized carbons (Fsp3) is 0.222. The first-order chi connectivity index (χ1) is 12.6. The van der Waals surface area contributed by atoms with E-state index in [0.717, 1.165) is 17.7 Å². The first-order valence-corrected chi connectivity index (χ1v) is 8.00. The minimum absolute atomic E-state index is 0.0440. The van der Waals surface area contributed by atoms with E-state index in [9.17, 15) is 14.9 Å². The van der Waals surface area contributed by atoms with Crippen molar-refractivity contribution in [2.45, 2.75) is 13.3 Å². The van der Waals surface area contributed by atoms with Crippen molar-refractivity contribution >= 4 is 17.8 Å². The summed E-state index contributed by atoms with van der Waals surface area (Å²) >= 11 is 0. The molecule has 0 aliphatic rings. The van der Waals surface area contributed by atoms with E-state index in [0.29, 0.717) is 12.4 Å². The SMILES string of the molecule is CCCOc1ccc(C=NNC(=O)COc2ccc([N+](=O)[O-])cc2)cc1. The lowest BCUT2D eigenvalue weighted by atomic mass is 10.2. The number of rotatable bonds is 9. The molecule has 1 amide bonds. The van der Waals surface area contributed by atoms with E-state index in [1.807, 2.05) is 31.2 Å². The molecule has 1 N–H and O–H groups in total. The summed E-state index contributed by atoms with van der Waals surface area (Å²) in [6.45, 7) is 2.45. The van der Waals surface area contributed by atoms with Crippen LogP contribution in [0, 0.1) is 10.1 Å². The number of amides is 1. The number of hydrazone groups is 1. The molecule has 2 aromatic carbocycles. The van der Waals surface area contributed by atoms with Crippen molar-refractivity contribution in [1.82, 2.24) is 5.43 Å². The van der Waals surface area contributed by atoms with Gasteiger partial charge >= 0.3 is 0 Å². The third-order valence-corrected chi connectivity index (χ3v) is 3.17. The van der Waals surface area contributed by atoms with Crippen molar-refractivity contribution in [2.75, 3.05) is 13.2 Å². The molecule has 0 saturated carbocycles. The molecule has 2 aromatic rings. The van der Waals surface area contributed by atoms with Crippen LogP contribution < -0.4 is 14.9 Å². The summed E-state index contributed by atoms with van der Waals surface area (Å²) in [6, 6.07) is 12.8. The molecule has 0 radical (unpaired) electrons. The van der Waals surface area contributed by atoms with Gasteiger partial charge in [0.15, 0.2) is 6.61 Å². The van der Waals surface area contributed by atoms with E-state index in [-0.39, 0.29) is 12.3 Å². The molecule has 8 nitrogen and oxygen atoms in total. The lowest BCUT2D eigenvalue weighted by molar-refractivity contribution is -0.384. The van der Waals surface area contributed by atoms with Crippen LogP contribution in [-0.2, 0) is 4.79 Å². The van der Waals surface area contributed by atoms with E-state index in [2.05, 4.69) is 10.5 Å². The zero-order valence-corrected chi connectivity index (χ0v) is 14.3. The Morgan fingerprint density at radius 3 is 2.35 bits per heavy atom. The molecule has 0 aromatic heterocycles. The third-order valence-electron chi connectivity index (χ3n) is 3.17. The van der Waals surface area contributed by atoms with Crippen LogP contribution in [-0.4, -0.2) is 30.3 Å². The minimum atomic E-state index is -0.506. The van der Waals surface area contributed by atoms with Crippen molar-refractivity contribution in [3.63, 3.8) is 0 Å². The first kappa shape index (κ1) is 18.9. The number of hydrogen-bond acceptors (Lipinski definition) is 6. The first-order valence-electron chi connectivity index (χ1n) is 8.00. The molecule has 26 heavy (non-hydrogen) atoms. The molecule has 2 rings (SSSR count). The predicted molar refractivity (Wildman–Crippen MR) is 96.6 cm³/mol. The zero-order valence-electron chi connectivity index (χ0n) is 14.3. The molecule has 136 valence electrons. The van der Waals surface area contributed by atoms with Gasteiger partial charge in [-0.2, -0.15) is 5.10 Å². The number of nitro groups is 1. The number of nitrogens with one attached hydrogen (secondary N) is 1. The second-order valence-electron chi connectivity index (χ2n) is 5.25. The maximum absolute atomic E-state index is 11.7. The maximum atomic E-state index is 11.7. The van der Waals surface area contributed by atoms with E-state index >= 15 is 0 Å². The minimum Gasteiger partial charge on any atom is -0.494 e. The molecule has 0 fully saturated rings. The molecule has 0 heterocycles. The summed E-state index contributed by atoms with van der Waals surface area (Å²) in [7, 11) is 0. The Labute approximate surface area is 150 Å². The molecule has 0 bridgehead atoms. The van der Waals surface area contributed by atoms with E-state index in [1.165, 1.54) is 30.5 Å². The van der Waals surface area contributed by atoms with Crippen LogP contribution in [0.25, 0.3) is 0 Å². The number of hydrogen-bond donors (Lipinski definition) is 1. The van der Waals surface area contributed by atoms with Crippen molar-refractivity contribution in [3.8, 4) is 11.5 Å². The van der Waals surface area contributed by atoms with Gasteiger partial charge in [0.2, 0.25) is 0 Å². The lowest BCUT2D eigenvalue weighted by Gasteiger charge is -2.05. The largest absolute Gasteiger partial charge is 0.494 e. The second kappa shape index (κ2) is 9.77. The number of carbonyl (C=O) groups is 1. The monoisotopic (exact) mass is 357 g/mol. The average molecular weight is 357 g/mol. The molecular weight excluding hydrogens is 338 g/mol. The number of nitrogens with zero attached hydrogens (tertiary/aromatic N) is 2. The summed E-state index contributed by atoms with van der Waals surface area (Å²) in [4.78, 5) is 21.7. The molecule has 0 aliphatic heterocycles. The van der Waals surface area contributed by atoms with Crippen molar-refractivity contribution < 1.29 is 19.2 Å². The Morgan fingerprint density at radius 2 is 1.73 bits per heavy atom. The Kier molecular flexibility index (Phi) is 7.11. The standard InChI is InChI=1S/C18H19N3O5/c1-2-11-25-16-7-3-14(4-8-16)12-19-20-18(22)13-26-17-9-5-15(6-10-17)21(23)24/h3-10,12H,2,11,13H2,1H3,(H,20,22). The van der Waals surface area contributed by atoms with E-state index < -0.39 is 10.8 Å². The molecule has 0 spiro atoms. The van der Waals surface area contributed by atoms with Crippen LogP contribution in [0.1, 0.15) is 18.9 Å². The van der Waals surface area contributed by atoms with Gasteiger partial charge in [0.25, 0.3) is 11.6 Å². The third kappa shape index (κ3) is 6.23. The summed E-state index contributed by atoms with van der Waals surface area (Å²) in [5, 5.41) is 14.4. The Balaban J connectivity index is 1.75. The molecule has 0 aliphatic carbocycles. The molecule has 0 atom stereocenters. The maximum Gasteiger partial charge on any atom is 0.277 e. The lowest BCUT2D eigenvalue weighted by Crippen LogP contribution is -2.24. The van der Waals surface area contributed by atoms with Crippen LogP contribution in [0.4, 0.5) is 5.69 Å². The van der Waals surface area contributed by atoms with Gasteiger partial charge in [0.1, 0.15) is 11.5 Å². The number of non-ortho nitro benzene ring substituents is 1. The van der Waals surface area contributed by atoms with Crippen LogP contribution in [0.3, 0.4) is 0 Å². The number of nitro benzene ring substituents is 1. The zero-order chi connectivity index (χ0) is 18.8. The summed E-state index contributed by atoms with van der Waals surface area (Å²) in [5.74, 6) is 0.699. The van der Waals surface area contributed by atoms with Gasteiger partial charge in [-0.25, -0.2) is 5.43 Å². The van der Waals surface area contributed by atoms with Crippen LogP contribution >= 0.6 is 0 Å². The van der Waals surface area contributed by atoms with Crippen molar-refractivity contribution in [2.24, 2.45) is 5.10 Å². The molecule has 0 unspecified atom stereocenters. The highest BCUT2D eigenvalue weighted by Crippen LogP contribution is 2.17. The molecular formula is C18H19N3O5. The summed E-state index contributed by atoms with van der Waals surface area (Å²) in [5.41, 5.74) is 3.11. The fourth-order valence-corrected chi connectivity index (χ4v) is 1.89. The number of carbonyl (C=O) groups excluding carboxylic acids is 1. The highest BCUT2D eigenvalue weighted by atomic mass is 16.6. The van der Waals surface area contributed by atoms with Crippen LogP contribution in [0.15, 0.2) is 53.6 Å². The summed E-state index contributed by atoms with van der Waals surface area (Å²) in [6.07, 6.45) is 2.45. The Bertz CT molecular complexity index is 757. The quantitative estimate of drug-likeness (QED) is 0.422. The molecule has 0 saturated heterocycles. The van der Waals surface area contributed by atoms with Gasteiger partial charge in [0, 0.05) is 12.1 Å². The van der Waals surface area contributed by atoms with Crippen molar-refractivity contribution in [3.05, 3.63) is 64.2 Å². The summed E-state index contributed by atoms with van der Waals surface area (Å²) < 4.78 is 10.7. The highest BCUT2D eigenvalue weighted by molar-refractivity contribution is 5.83. The topological polar surface area (TPSA) is 103 Å². The van der Waals surface area contributed by atoms with Gasteiger partial charge < -0.3 is 9.47 Å². The van der Waals surface area contributed by atoms with Crippen molar-refractivity contribution in [1.29, 1.82) is 0 Å². The van der Waals surface area contributed by atoms with Gasteiger partial charge in [-0.3, -0.25) is 14.9 Å². The highest BCUT2D eigenvalue weighted by Gasteiger charge is 2.06. The van der Waals surface area contributed by atoms with Crippen LogP contribution in [0.2, 0.25) is 0 Å². The molecule has 8 heteroatoms. The van der Waals surface area contributed by atoms with Gasteiger partial charge in [0.05, 0.1) is 17.7 Å². The van der Waals surface area contributed by atoms with Crippen LogP contribution in [0.5, 0.6) is 11.5 Å². The predicted octanol–water partition coefficient (Wildman–Crippen LogP) is 2.91.